The summed E-state index contributed by atoms with van der Waals surface area (Å²) in [7, 11) is 0. The summed E-state index contributed by atoms with van der Waals surface area (Å²) in [4.78, 5) is 11.8. The van der Waals surface area contributed by atoms with Crippen LogP contribution in [0.2, 0.25) is 0 Å². The molecule has 1 amide bonds. The zero-order valence-corrected chi connectivity index (χ0v) is 16.6. The van der Waals surface area contributed by atoms with Crippen LogP contribution in [-0.4, -0.2) is 30.8 Å². The van der Waals surface area contributed by atoms with E-state index in [1.807, 2.05) is 56.3 Å². The molecule has 2 aromatic rings. The third-order valence-electron chi connectivity index (χ3n) is 3.90. The van der Waals surface area contributed by atoms with E-state index in [9.17, 15) is 4.79 Å². The quantitative estimate of drug-likeness (QED) is 0.404. The molecule has 0 atom stereocenters. The minimum atomic E-state index is -0.253. The zero-order chi connectivity index (χ0) is 19.9. The fourth-order valence-electron chi connectivity index (χ4n) is 2.67. The number of ether oxygens (including phenoxy) is 3. The van der Waals surface area contributed by atoms with E-state index in [0.717, 1.165) is 16.9 Å². The van der Waals surface area contributed by atoms with Gasteiger partial charge in [-0.15, -0.1) is 0 Å². The van der Waals surface area contributed by atoms with Crippen molar-refractivity contribution >= 4 is 29.3 Å². The maximum atomic E-state index is 11.8. The Balaban J connectivity index is 1.63. The second kappa shape index (κ2) is 9.23. The highest BCUT2D eigenvalue weighted by molar-refractivity contribution is 7.80. The fraction of sp³-hybridized carbons (Fsp3) is 0.238. The van der Waals surface area contributed by atoms with E-state index in [1.165, 1.54) is 0 Å². The number of carbonyl (C=O) groups is 1. The van der Waals surface area contributed by atoms with Gasteiger partial charge in [0.2, 0.25) is 0 Å². The maximum Gasteiger partial charge on any atom is 0.273 e. The Kier molecular flexibility index (Phi) is 6.49. The summed E-state index contributed by atoms with van der Waals surface area (Å²) in [6, 6.07) is 13.4. The van der Waals surface area contributed by atoms with E-state index in [2.05, 4.69) is 10.6 Å². The van der Waals surface area contributed by atoms with Crippen LogP contribution in [0.15, 0.2) is 48.2 Å². The monoisotopic (exact) mass is 398 g/mol. The van der Waals surface area contributed by atoms with Crippen LogP contribution in [0, 0.1) is 6.92 Å². The Morgan fingerprint density at radius 2 is 1.82 bits per heavy atom. The third kappa shape index (κ3) is 5.23. The molecule has 2 N–H and O–H groups in total. The van der Waals surface area contributed by atoms with Crippen LogP contribution < -0.4 is 24.8 Å². The minimum absolute atomic E-state index is 0.253. The number of hydrogen-bond acceptors (Lipinski definition) is 5. The highest BCUT2D eigenvalue weighted by Crippen LogP contribution is 2.29. The lowest BCUT2D eigenvalue weighted by molar-refractivity contribution is -0.115. The third-order valence-corrected chi connectivity index (χ3v) is 4.10. The first-order valence-electron chi connectivity index (χ1n) is 8.98. The highest BCUT2D eigenvalue weighted by Gasteiger charge is 2.20. The fourth-order valence-corrected chi connectivity index (χ4v) is 2.87. The number of amides is 1. The summed E-state index contributed by atoms with van der Waals surface area (Å²) >= 11 is 4.94. The van der Waals surface area contributed by atoms with Crippen LogP contribution in [0.3, 0.4) is 0 Å². The van der Waals surface area contributed by atoms with Gasteiger partial charge in [0.15, 0.2) is 16.6 Å². The van der Waals surface area contributed by atoms with E-state index < -0.39 is 0 Å². The van der Waals surface area contributed by atoms with Crippen LogP contribution >= 0.6 is 12.2 Å². The number of nitrogens with one attached hydrogen (secondary N) is 2. The molecule has 6 nitrogen and oxygen atoms in total. The van der Waals surface area contributed by atoms with Crippen LogP contribution in [0.1, 0.15) is 18.1 Å². The van der Waals surface area contributed by atoms with Gasteiger partial charge in [-0.25, -0.2) is 0 Å². The zero-order valence-electron chi connectivity index (χ0n) is 15.8. The van der Waals surface area contributed by atoms with Gasteiger partial charge in [-0.3, -0.25) is 10.1 Å². The predicted molar refractivity (Wildman–Crippen MR) is 112 cm³/mol. The van der Waals surface area contributed by atoms with Crippen molar-refractivity contribution in [1.82, 2.24) is 10.6 Å². The molecule has 0 aromatic heterocycles. The standard InChI is InChI=1S/C21H22N2O4S/c1-3-25-19-13-15(12-17-20(24)23-21(28)22-17)7-8-18(19)27-10-9-26-16-6-4-5-14(2)11-16/h4-8,11-13H,3,9-10H2,1-2H3,(H2,22,23,24,28)/b17-12-. The SMILES string of the molecule is CCOc1cc(/C=C2\NC(=S)NC2=O)ccc1OCCOc1cccc(C)c1. The molecule has 0 spiro atoms. The first-order valence-corrected chi connectivity index (χ1v) is 9.39. The Labute approximate surface area is 169 Å². The predicted octanol–water partition coefficient (Wildman–Crippen LogP) is 3.20. The van der Waals surface area contributed by atoms with Gasteiger partial charge in [0.25, 0.3) is 5.91 Å². The lowest BCUT2D eigenvalue weighted by Crippen LogP contribution is -2.21. The van der Waals surface area contributed by atoms with E-state index in [4.69, 9.17) is 26.4 Å². The summed E-state index contributed by atoms with van der Waals surface area (Å²) in [5.41, 5.74) is 2.34. The van der Waals surface area contributed by atoms with E-state index in [-0.39, 0.29) is 5.91 Å². The lowest BCUT2D eigenvalue weighted by Gasteiger charge is -2.13. The smallest absolute Gasteiger partial charge is 0.273 e. The van der Waals surface area contributed by atoms with Crippen molar-refractivity contribution in [3.63, 3.8) is 0 Å². The Hall–Kier alpha value is -3.06. The van der Waals surface area contributed by atoms with Gasteiger partial charge in [-0.05, 0) is 67.5 Å². The van der Waals surface area contributed by atoms with E-state index in [0.29, 0.717) is 42.1 Å². The second-order valence-electron chi connectivity index (χ2n) is 6.12. The second-order valence-corrected chi connectivity index (χ2v) is 6.53. The van der Waals surface area contributed by atoms with Gasteiger partial charge < -0.3 is 19.5 Å². The molecule has 3 rings (SSSR count). The summed E-state index contributed by atoms with van der Waals surface area (Å²) in [6.45, 7) is 5.22. The molecule has 1 aliphatic rings. The number of hydrogen-bond donors (Lipinski definition) is 2. The van der Waals surface area contributed by atoms with Crippen molar-refractivity contribution in [3.8, 4) is 17.2 Å². The average molecular weight is 398 g/mol. The van der Waals surface area contributed by atoms with Crippen molar-refractivity contribution in [2.75, 3.05) is 19.8 Å². The van der Waals surface area contributed by atoms with Crippen LogP contribution in [-0.2, 0) is 4.79 Å². The lowest BCUT2D eigenvalue weighted by atomic mass is 10.1. The number of thiocarbonyl (C=S) groups is 1. The Morgan fingerprint density at radius 3 is 2.54 bits per heavy atom. The van der Waals surface area contributed by atoms with Crippen molar-refractivity contribution in [2.45, 2.75) is 13.8 Å². The molecule has 1 heterocycles. The van der Waals surface area contributed by atoms with Crippen molar-refractivity contribution in [2.24, 2.45) is 0 Å². The summed E-state index contributed by atoms with van der Waals surface area (Å²) in [5.74, 6) is 1.79. The molecule has 0 unspecified atom stereocenters. The Bertz CT molecular complexity index is 911. The molecule has 2 aromatic carbocycles. The van der Waals surface area contributed by atoms with Crippen molar-refractivity contribution in [1.29, 1.82) is 0 Å². The molecular formula is C21H22N2O4S. The van der Waals surface area contributed by atoms with Crippen molar-refractivity contribution < 1.29 is 19.0 Å². The molecule has 0 bridgehead atoms. The topological polar surface area (TPSA) is 68.8 Å². The largest absolute Gasteiger partial charge is 0.490 e. The Morgan fingerprint density at radius 1 is 1.00 bits per heavy atom. The maximum absolute atomic E-state index is 11.8. The molecule has 0 aliphatic carbocycles. The molecule has 1 saturated heterocycles. The number of benzene rings is 2. The average Bonchev–Trinajstić information content (AvgIpc) is 2.97. The van der Waals surface area contributed by atoms with Gasteiger partial charge >= 0.3 is 0 Å². The normalized spacial score (nSPS) is 14.6. The van der Waals surface area contributed by atoms with Gasteiger partial charge in [0.1, 0.15) is 24.7 Å². The van der Waals surface area contributed by atoms with Crippen LogP contribution in [0.25, 0.3) is 6.08 Å². The molecule has 0 radical (unpaired) electrons. The molecule has 0 saturated carbocycles. The van der Waals surface area contributed by atoms with Gasteiger partial charge in [-0.1, -0.05) is 18.2 Å². The summed E-state index contributed by atoms with van der Waals surface area (Å²) < 4.78 is 17.2. The van der Waals surface area contributed by atoms with E-state index >= 15 is 0 Å². The summed E-state index contributed by atoms with van der Waals surface area (Å²) in [5, 5.41) is 5.66. The van der Waals surface area contributed by atoms with Gasteiger partial charge in [0, 0.05) is 0 Å². The first-order chi connectivity index (χ1) is 13.5. The number of carbonyl (C=O) groups excluding carboxylic acids is 1. The minimum Gasteiger partial charge on any atom is -0.490 e. The molecule has 28 heavy (non-hydrogen) atoms. The molecule has 1 fully saturated rings. The molecule has 1 aliphatic heterocycles. The van der Waals surface area contributed by atoms with E-state index in [1.54, 1.807) is 6.08 Å². The highest BCUT2D eigenvalue weighted by atomic mass is 32.1. The molecular weight excluding hydrogens is 376 g/mol. The molecule has 146 valence electrons. The molecule has 7 heteroatoms. The van der Waals surface area contributed by atoms with Crippen LogP contribution in [0.4, 0.5) is 0 Å². The summed E-state index contributed by atoms with van der Waals surface area (Å²) in [6.07, 6.45) is 1.71. The van der Waals surface area contributed by atoms with Gasteiger partial charge in [-0.2, -0.15) is 0 Å². The number of aryl methyl sites for hydroxylation is 1. The number of rotatable bonds is 8. The van der Waals surface area contributed by atoms with Gasteiger partial charge in [0.05, 0.1) is 6.61 Å². The first kappa shape index (κ1) is 19.7. The van der Waals surface area contributed by atoms with Crippen molar-refractivity contribution in [3.05, 3.63) is 59.3 Å². The van der Waals surface area contributed by atoms with Crippen LogP contribution in [0.5, 0.6) is 17.2 Å².